The van der Waals surface area contributed by atoms with Crippen LogP contribution >= 0.6 is 11.6 Å². The third-order valence-electron chi connectivity index (χ3n) is 1.66. The van der Waals surface area contributed by atoms with Crippen molar-refractivity contribution < 1.29 is 10.1 Å². The number of quaternary nitrogens is 1. The number of hydrogen-bond donors (Lipinski definition) is 1. The van der Waals surface area contributed by atoms with E-state index in [9.17, 15) is 0 Å². The minimum atomic E-state index is 0.123. The Kier molecular flexibility index (Phi) is 4.06. The molecule has 1 aromatic carbocycles. The molecule has 0 saturated carbocycles. The fourth-order valence-corrected chi connectivity index (χ4v) is 1.22. The number of halogens is 1. The lowest BCUT2D eigenvalue weighted by Crippen LogP contribution is -2.79. The number of rotatable bonds is 4. The van der Waals surface area contributed by atoms with E-state index in [0.29, 0.717) is 5.02 Å². The Hall–Kier alpha value is -0.730. The number of para-hydroxylation sites is 1. The van der Waals surface area contributed by atoms with Gasteiger partial charge in [0.15, 0.2) is 0 Å². The van der Waals surface area contributed by atoms with Crippen LogP contribution < -0.4 is 10.1 Å². The molecular weight excluding hydrogens is 186 g/mol. The molecule has 0 aliphatic rings. The van der Waals surface area contributed by atoms with Crippen molar-refractivity contribution in [1.82, 2.24) is 0 Å². The van der Waals surface area contributed by atoms with Crippen molar-refractivity contribution in [2.45, 2.75) is 13.0 Å². The third-order valence-corrected chi connectivity index (χ3v) is 1.98. The van der Waals surface area contributed by atoms with E-state index >= 15 is 0 Å². The predicted octanol–water partition coefficient (Wildman–Crippen LogP) is 1.46. The molecule has 13 heavy (non-hydrogen) atoms. The van der Waals surface area contributed by atoms with Crippen molar-refractivity contribution in [2.24, 2.45) is 0 Å². The average Bonchev–Trinajstić information content (AvgIpc) is 2.09. The molecular formula is C10H14ClNO. The minimum absolute atomic E-state index is 0.123. The van der Waals surface area contributed by atoms with Crippen molar-refractivity contribution in [1.29, 1.82) is 0 Å². The standard InChI is InChI=1S/C10H14ClNO/c1-8(7-12-2)13-10-6-4-3-5-9(10)11/h3-6,8H,2,7,12H2,1H3. The Morgan fingerprint density at radius 2 is 2.23 bits per heavy atom. The Balaban J connectivity index is 2.58. The smallest absolute Gasteiger partial charge is 0.142 e. The van der Waals surface area contributed by atoms with Crippen molar-refractivity contribution in [3.8, 4) is 5.75 Å². The molecule has 0 aromatic heterocycles. The molecule has 72 valence electrons. The first kappa shape index (κ1) is 10.4. The van der Waals surface area contributed by atoms with Gasteiger partial charge in [0.05, 0.1) is 11.6 Å². The summed E-state index contributed by atoms with van der Waals surface area (Å²) in [5, 5.41) is 2.49. The van der Waals surface area contributed by atoms with Crippen LogP contribution in [0.25, 0.3) is 0 Å². The van der Waals surface area contributed by atoms with Crippen LogP contribution in [-0.2, 0) is 0 Å². The summed E-state index contributed by atoms with van der Waals surface area (Å²) in [7, 11) is 3.65. The molecule has 2 N–H and O–H groups in total. The van der Waals surface area contributed by atoms with Crippen LogP contribution in [0.3, 0.4) is 0 Å². The minimum Gasteiger partial charge on any atom is -0.483 e. The van der Waals surface area contributed by atoms with Crippen LogP contribution in [0.2, 0.25) is 5.02 Å². The van der Waals surface area contributed by atoms with E-state index in [-0.39, 0.29) is 6.10 Å². The van der Waals surface area contributed by atoms with Crippen molar-refractivity contribution >= 4 is 11.6 Å². The summed E-state index contributed by atoms with van der Waals surface area (Å²) in [6.45, 7) is 2.82. The summed E-state index contributed by atoms with van der Waals surface area (Å²) in [6, 6.07) is 7.47. The quantitative estimate of drug-likeness (QED) is 0.731. The second-order valence-electron chi connectivity index (χ2n) is 2.88. The predicted molar refractivity (Wildman–Crippen MR) is 53.7 cm³/mol. The average molecular weight is 200 g/mol. The van der Waals surface area contributed by atoms with Gasteiger partial charge in [-0.25, -0.2) is 0 Å². The van der Waals surface area contributed by atoms with E-state index < -0.39 is 0 Å². The van der Waals surface area contributed by atoms with Gasteiger partial charge in [-0.1, -0.05) is 23.7 Å². The van der Waals surface area contributed by atoms with E-state index in [1.807, 2.05) is 36.5 Å². The van der Waals surface area contributed by atoms with E-state index in [0.717, 1.165) is 12.3 Å². The Labute approximate surface area is 83.9 Å². The van der Waals surface area contributed by atoms with Crippen molar-refractivity contribution in [3.63, 3.8) is 0 Å². The Morgan fingerprint density at radius 1 is 1.54 bits per heavy atom. The van der Waals surface area contributed by atoms with E-state index in [2.05, 4.69) is 7.05 Å². The van der Waals surface area contributed by atoms with Gasteiger partial charge in [-0.3, -0.25) is 0 Å². The molecule has 0 heterocycles. The van der Waals surface area contributed by atoms with Gasteiger partial charge in [-0.2, -0.15) is 7.05 Å². The van der Waals surface area contributed by atoms with Crippen molar-refractivity contribution in [2.75, 3.05) is 6.54 Å². The first-order chi connectivity index (χ1) is 6.24. The fraction of sp³-hybridized carbons (Fsp3) is 0.300. The van der Waals surface area contributed by atoms with Gasteiger partial charge in [0.25, 0.3) is 0 Å². The zero-order valence-corrected chi connectivity index (χ0v) is 8.42. The van der Waals surface area contributed by atoms with Gasteiger partial charge >= 0.3 is 0 Å². The van der Waals surface area contributed by atoms with Crippen LogP contribution in [0, 0.1) is 7.05 Å². The first-order valence-electron chi connectivity index (χ1n) is 4.26. The van der Waals surface area contributed by atoms with Gasteiger partial charge in [0.1, 0.15) is 11.9 Å². The van der Waals surface area contributed by atoms with Crippen LogP contribution in [0.15, 0.2) is 24.3 Å². The number of benzene rings is 1. The highest BCUT2D eigenvalue weighted by Crippen LogP contribution is 2.23. The lowest BCUT2D eigenvalue weighted by molar-refractivity contribution is -0.601. The lowest BCUT2D eigenvalue weighted by Gasteiger charge is -2.14. The molecule has 3 heteroatoms. The first-order valence-corrected chi connectivity index (χ1v) is 4.64. The third kappa shape index (κ3) is 3.25. The summed E-state index contributed by atoms with van der Waals surface area (Å²) >= 11 is 5.92. The van der Waals surface area contributed by atoms with Crippen LogP contribution in [-0.4, -0.2) is 12.6 Å². The zero-order chi connectivity index (χ0) is 9.68. The number of hydrogen-bond acceptors (Lipinski definition) is 1. The Bertz CT molecular complexity index is 265. The molecule has 0 fully saturated rings. The van der Waals surface area contributed by atoms with Gasteiger partial charge in [0, 0.05) is 0 Å². The summed E-state index contributed by atoms with van der Waals surface area (Å²) in [4.78, 5) is 0. The number of nitrogens with two attached hydrogens (primary N) is 1. The van der Waals surface area contributed by atoms with Gasteiger partial charge in [-0.15, -0.1) is 0 Å². The van der Waals surface area contributed by atoms with E-state index in [1.165, 1.54) is 0 Å². The van der Waals surface area contributed by atoms with Gasteiger partial charge < -0.3 is 10.1 Å². The zero-order valence-electron chi connectivity index (χ0n) is 7.66. The van der Waals surface area contributed by atoms with Crippen LogP contribution in [0.5, 0.6) is 5.75 Å². The highest BCUT2D eigenvalue weighted by atomic mass is 35.5. The van der Waals surface area contributed by atoms with E-state index in [4.69, 9.17) is 16.3 Å². The fourth-order valence-electron chi connectivity index (χ4n) is 1.04. The van der Waals surface area contributed by atoms with Crippen LogP contribution in [0.1, 0.15) is 6.92 Å². The molecule has 0 radical (unpaired) electrons. The maximum Gasteiger partial charge on any atom is 0.142 e. The Morgan fingerprint density at radius 3 is 2.85 bits per heavy atom. The summed E-state index contributed by atoms with van der Waals surface area (Å²) < 4.78 is 5.58. The maximum absolute atomic E-state index is 5.92. The molecule has 0 aliphatic carbocycles. The summed E-state index contributed by atoms with van der Waals surface area (Å²) in [6.07, 6.45) is 0.123. The van der Waals surface area contributed by atoms with Gasteiger partial charge in [-0.05, 0) is 19.1 Å². The highest BCUT2D eigenvalue weighted by molar-refractivity contribution is 6.32. The van der Waals surface area contributed by atoms with Crippen molar-refractivity contribution in [3.05, 3.63) is 36.3 Å². The topological polar surface area (TPSA) is 25.8 Å². The molecule has 0 bridgehead atoms. The SMILES string of the molecule is [CH2-][NH2+]CC(C)Oc1ccccc1Cl. The molecule has 0 saturated heterocycles. The second kappa shape index (κ2) is 5.10. The summed E-state index contributed by atoms with van der Waals surface area (Å²) in [5.74, 6) is 0.735. The molecule has 0 spiro atoms. The maximum atomic E-state index is 5.92. The largest absolute Gasteiger partial charge is 0.483 e. The summed E-state index contributed by atoms with van der Waals surface area (Å²) in [5.41, 5.74) is 0. The molecule has 1 aromatic rings. The number of ether oxygens (including phenoxy) is 1. The van der Waals surface area contributed by atoms with E-state index in [1.54, 1.807) is 0 Å². The molecule has 0 aliphatic heterocycles. The van der Waals surface area contributed by atoms with Gasteiger partial charge in [0.2, 0.25) is 0 Å². The monoisotopic (exact) mass is 199 g/mol. The highest BCUT2D eigenvalue weighted by Gasteiger charge is 2.05. The molecule has 0 amide bonds. The lowest BCUT2D eigenvalue weighted by atomic mass is 10.3. The molecule has 1 unspecified atom stereocenters. The molecule has 1 atom stereocenters. The second-order valence-corrected chi connectivity index (χ2v) is 3.29. The normalized spacial score (nSPS) is 12.5. The molecule has 1 rings (SSSR count). The van der Waals surface area contributed by atoms with Crippen LogP contribution in [0.4, 0.5) is 0 Å². The molecule has 2 nitrogen and oxygen atoms in total.